The first kappa shape index (κ1) is 21.9. The van der Waals surface area contributed by atoms with E-state index in [1.165, 1.54) is 37.5 Å². The number of methoxy groups -OCH3 is 1. The van der Waals surface area contributed by atoms with Crippen molar-refractivity contribution in [2.45, 2.75) is 11.8 Å². The van der Waals surface area contributed by atoms with Crippen LogP contribution in [-0.4, -0.2) is 28.1 Å². The monoisotopic (exact) mass is 437 g/mol. The van der Waals surface area contributed by atoms with Gasteiger partial charge in [0.15, 0.2) is 11.5 Å². The molecule has 0 fully saturated rings. The molecule has 0 radical (unpaired) electrons. The number of nitrogens with zero attached hydrogens (tertiary/aromatic N) is 1. The summed E-state index contributed by atoms with van der Waals surface area (Å²) in [5.74, 6) is -0.649. The third-order valence-corrected chi connectivity index (χ3v) is 5.63. The molecule has 0 amide bonds. The standard InChI is InChI=1S/C23H19NO6S/c1-3-29-23(25)18(15-24)13-16-11-12-20(21(14-16)28-2)30-31(26,27)22-10-6-8-17-7-4-5-9-19(17)22/h4-14H,3H2,1-2H3. The molecule has 0 bridgehead atoms. The maximum Gasteiger partial charge on any atom is 0.348 e. The van der Waals surface area contributed by atoms with Gasteiger partial charge in [0.1, 0.15) is 16.5 Å². The van der Waals surface area contributed by atoms with Crippen molar-refractivity contribution in [3.8, 4) is 17.6 Å². The molecule has 158 valence electrons. The molecule has 0 aromatic heterocycles. The SMILES string of the molecule is CCOC(=O)C(C#N)=Cc1ccc(OS(=O)(=O)c2cccc3ccccc23)c(OC)c1. The van der Waals surface area contributed by atoms with Gasteiger partial charge in [-0.25, -0.2) is 4.79 Å². The van der Waals surface area contributed by atoms with Crippen LogP contribution in [0.15, 0.2) is 71.1 Å². The van der Waals surface area contributed by atoms with Crippen molar-refractivity contribution in [3.05, 3.63) is 71.8 Å². The summed E-state index contributed by atoms with van der Waals surface area (Å²) < 4.78 is 41.4. The summed E-state index contributed by atoms with van der Waals surface area (Å²) in [4.78, 5) is 11.8. The number of nitriles is 1. The lowest BCUT2D eigenvalue weighted by molar-refractivity contribution is -0.137. The van der Waals surface area contributed by atoms with Gasteiger partial charge in [0.2, 0.25) is 0 Å². The predicted molar refractivity (Wildman–Crippen MR) is 115 cm³/mol. The van der Waals surface area contributed by atoms with Crippen LogP contribution < -0.4 is 8.92 Å². The van der Waals surface area contributed by atoms with E-state index in [9.17, 15) is 18.5 Å². The molecule has 0 heterocycles. The fourth-order valence-corrected chi connectivity index (χ4v) is 4.10. The van der Waals surface area contributed by atoms with Crippen LogP contribution in [0.1, 0.15) is 12.5 Å². The Hall–Kier alpha value is -3.83. The number of carbonyl (C=O) groups excluding carboxylic acids is 1. The predicted octanol–water partition coefficient (Wildman–Crippen LogP) is 4.09. The Morgan fingerprint density at radius 2 is 1.81 bits per heavy atom. The van der Waals surface area contributed by atoms with E-state index >= 15 is 0 Å². The molecule has 0 spiro atoms. The van der Waals surface area contributed by atoms with Crippen LogP contribution in [-0.2, 0) is 19.6 Å². The summed E-state index contributed by atoms with van der Waals surface area (Å²) in [5.41, 5.74) is 0.248. The highest BCUT2D eigenvalue weighted by Crippen LogP contribution is 2.33. The van der Waals surface area contributed by atoms with E-state index in [1.54, 1.807) is 31.2 Å². The van der Waals surface area contributed by atoms with E-state index in [0.29, 0.717) is 10.9 Å². The number of rotatable bonds is 7. The highest BCUT2D eigenvalue weighted by atomic mass is 32.2. The summed E-state index contributed by atoms with van der Waals surface area (Å²) in [7, 11) is -2.80. The quantitative estimate of drug-likeness (QED) is 0.237. The minimum Gasteiger partial charge on any atom is -0.493 e. The smallest absolute Gasteiger partial charge is 0.348 e. The van der Waals surface area contributed by atoms with Gasteiger partial charge in [-0.2, -0.15) is 13.7 Å². The Balaban J connectivity index is 1.97. The van der Waals surface area contributed by atoms with Crippen LogP contribution in [0.3, 0.4) is 0 Å². The van der Waals surface area contributed by atoms with Crippen molar-refractivity contribution in [1.29, 1.82) is 5.26 Å². The Bertz CT molecular complexity index is 1300. The largest absolute Gasteiger partial charge is 0.493 e. The lowest BCUT2D eigenvalue weighted by atomic mass is 10.1. The van der Waals surface area contributed by atoms with Crippen LogP contribution >= 0.6 is 0 Å². The van der Waals surface area contributed by atoms with Gasteiger partial charge in [0.05, 0.1) is 13.7 Å². The van der Waals surface area contributed by atoms with E-state index in [2.05, 4.69) is 0 Å². The number of benzene rings is 3. The van der Waals surface area contributed by atoms with Crippen LogP contribution in [0.4, 0.5) is 0 Å². The molecule has 0 N–H and O–H groups in total. The molecule has 0 aliphatic carbocycles. The van der Waals surface area contributed by atoms with E-state index in [-0.39, 0.29) is 28.6 Å². The lowest BCUT2D eigenvalue weighted by Gasteiger charge is -2.13. The second kappa shape index (κ2) is 9.32. The van der Waals surface area contributed by atoms with Crippen LogP contribution in [0.5, 0.6) is 11.5 Å². The van der Waals surface area contributed by atoms with Gasteiger partial charge in [0.25, 0.3) is 0 Å². The molecule has 8 heteroatoms. The Morgan fingerprint density at radius 1 is 1.06 bits per heavy atom. The lowest BCUT2D eigenvalue weighted by Crippen LogP contribution is -2.11. The molecule has 0 unspecified atom stereocenters. The van der Waals surface area contributed by atoms with E-state index in [4.69, 9.17) is 13.7 Å². The van der Waals surface area contributed by atoms with Gasteiger partial charge in [-0.3, -0.25) is 0 Å². The fraction of sp³-hybridized carbons (Fsp3) is 0.130. The van der Waals surface area contributed by atoms with Crippen molar-refractivity contribution in [1.82, 2.24) is 0 Å². The van der Waals surface area contributed by atoms with Crippen LogP contribution in [0, 0.1) is 11.3 Å². The summed E-state index contributed by atoms with van der Waals surface area (Å²) in [6.45, 7) is 1.78. The van der Waals surface area contributed by atoms with Gasteiger partial charge < -0.3 is 13.7 Å². The first-order valence-electron chi connectivity index (χ1n) is 9.29. The minimum atomic E-state index is -4.16. The summed E-state index contributed by atoms with van der Waals surface area (Å²) in [6, 6.07) is 18.2. The minimum absolute atomic E-state index is 0.0257. The number of hydrogen-bond donors (Lipinski definition) is 0. The molecule has 0 saturated heterocycles. The highest BCUT2D eigenvalue weighted by molar-refractivity contribution is 7.87. The summed E-state index contributed by atoms with van der Waals surface area (Å²) >= 11 is 0. The average molecular weight is 437 g/mol. The van der Waals surface area contributed by atoms with Crippen molar-refractivity contribution >= 4 is 32.9 Å². The fourth-order valence-electron chi connectivity index (χ4n) is 2.93. The number of fused-ring (bicyclic) bond motifs is 1. The van der Waals surface area contributed by atoms with Crippen molar-refractivity contribution < 1.29 is 26.9 Å². The molecule has 0 aliphatic rings. The zero-order valence-electron chi connectivity index (χ0n) is 16.9. The second-order valence-corrected chi connectivity index (χ2v) is 7.83. The molecule has 3 aromatic rings. The maximum atomic E-state index is 13.0. The molecule has 0 saturated carbocycles. The molecule has 7 nitrogen and oxygen atoms in total. The molecule has 3 rings (SSSR count). The second-order valence-electron chi connectivity index (χ2n) is 6.32. The van der Waals surface area contributed by atoms with Crippen molar-refractivity contribution in [3.63, 3.8) is 0 Å². The first-order chi connectivity index (χ1) is 14.9. The Morgan fingerprint density at radius 3 is 2.52 bits per heavy atom. The molecule has 0 atom stereocenters. The van der Waals surface area contributed by atoms with E-state index < -0.39 is 16.1 Å². The van der Waals surface area contributed by atoms with Gasteiger partial charge in [-0.15, -0.1) is 0 Å². The van der Waals surface area contributed by atoms with E-state index in [0.717, 1.165) is 5.39 Å². The van der Waals surface area contributed by atoms with Gasteiger partial charge in [-0.1, -0.05) is 42.5 Å². The highest BCUT2D eigenvalue weighted by Gasteiger charge is 2.22. The number of hydrogen-bond acceptors (Lipinski definition) is 7. The summed E-state index contributed by atoms with van der Waals surface area (Å²) in [5, 5.41) is 10.5. The zero-order valence-corrected chi connectivity index (χ0v) is 17.7. The first-order valence-corrected chi connectivity index (χ1v) is 10.7. The molecule has 0 aliphatic heterocycles. The number of carbonyl (C=O) groups is 1. The number of ether oxygens (including phenoxy) is 2. The Labute approximate surface area is 180 Å². The average Bonchev–Trinajstić information content (AvgIpc) is 2.77. The zero-order chi connectivity index (χ0) is 22.4. The van der Waals surface area contributed by atoms with Crippen LogP contribution in [0.2, 0.25) is 0 Å². The van der Waals surface area contributed by atoms with Crippen molar-refractivity contribution in [2.24, 2.45) is 0 Å². The third kappa shape index (κ3) is 4.85. The van der Waals surface area contributed by atoms with E-state index in [1.807, 2.05) is 18.2 Å². The molecule has 31 heavy (non-hydrogen) atoms. The number of esters is 1. The van der Waals surface area contributed by atoms with Gasteiger partial charge in [-0.05, 0) is 42.1 Å². The Kier molecular flexibility index (Phi) is 6.58. The molecule has 3 aromatic carbocycles. The van der Waals surface area contributed by atoms with Crippen molar-refractivity contribution in [2.75, 3.05) is 13.7 Å². The molecular formula is C23H19NO6S. The van der Waals surface area contributed by atoms with Gasteiger partial charge in [0, 0.05) is 5.39 Å². The summed E-state index contributed by atoms with van der Waals surface area (Å²) in [6.07, 6.45) is 1.32. The van der Waals surface area contributed by atoms with Gasteiger partial charge >= 0.3 is 16.1 Å². The topological polar surface area (TPSA) is 103 Å². The maximum absolute atomic E-state index is 13.0. The van der Waals surface area contributed by atoms with Crippen LogP contribution in [0.25, 0.3) is 16.8 Å². The normalized spacial score (nSPS) is 11.6. The third-order valence-electron chi connectivity index (χ3n) is 4.33. The molecular weight excluding hydrogens is 418 g/mol.